The molecule has 1 aromatic carbocycles. The van der Waals surface area contributed by atoms with E-state index in [1.165, 1.54) is 9.38 Å². The number of para-hydroxylation sites is 1. The molecule has 2 rings (SSSR count). The Labute approximate surface area is 128 Å². The van der Waals surface area contributed by atoms with E-state index >= 15 is 0 Å². The number of phenols is 1. The van der Waals surface area contributed by atoms with Gasteiger partial charge >= 0.3 is 37.6 Å². The Balaban J connectivity index is 0. The Morgan fingerprint density at radius 3 is 1.89 bits per heavy atom. The summed E-state index contributed by atoms with van der Waals surface area (Å²) in [6.45, 7) is 6.23. The maximum absolute atomic E-state index is 8.63. The fraction of sp³-hybridized carbons (Fsp3) is 0.267. The zero-order valence-corrected chi connectivity index (χ0v) is 13.4. The summed E-state index contributed by atoms with van der Waals surface area (Å²) < 4.78 is 1.42. The molecule has 0 spiro atoms. The van der Waals surface area contributed by atoms with Gasteiger partial charge in [0.15, 0.2) is 0 Å². The minimum absolute atomic E-state index is 0. The average Bonchev–Trinajstić information content (AvgIpc) is 2.70. The fourth-order valence-corrected chi connectivity index (χ4v) is 0.943. The molecule has 1 aliphatic rings. The molecule has 0 unspecified atom stereocenters. The number of aromatic hydroxyl groups is 1. The van der Waals surface area contributed by atoms with E-state index in [4.69, 9.17) is 5.11 Å². The molecule has 3 heteroatoms. The Kier molecular flexibility index (Phi) is 14.0. The van der Waals surface area contributed by atoms with E-state index in [0.717, 1.165) is 6.42 Å². The van der Waals surface area contributed by atoms with Crippen molar-refractivity contribution in [2.75, 3.05) is 0 Å². The summed E-state index contributed by atoms with van der Waals surface area (Å²) >= 11 is 2.08. The first-order chi connectivity index (χ1) is 8.02. The third-order valence-electron chi connectivity index (χ3n) is 1.62. The van der Waals surface area contributed by atoms with Crippen LogP contribution in [0.15, 0.2) is 48.1 Å². The summed E-state index contributed by atoms with van der Waals surface area (Å²) in [6.07, 6.45) is 8.33. The molecule has 0 fully saturated rings. The normalized spacial score (nSPS) is 11.1. The van der Waals surface area contributed by atoms with E-state index in [2.05, 4.69) is 59.0 Å². The summed E-state index contributed by atoms with van der Waals surface area (Å²) in [7, 11) is 0. The van der Waals surface area contributed by atoms with Gasteiger partial charge < -0.3 is 17.5 Å². The molecule has 0 amide bonds. The quantitative estimate of drug-likeness (QED) is 0.556. The fourth-order valence-electron chi connectivity index (χ4n) is 0.943. The van der Waals surface area contributed by atoms with Gasteiger partial charge in [-0.05, 0) is 12.1 Å². The molecular weight excluding hydrogens is 279 g/mol. The maximum atomic E-state index is 8.63. The number of rotatable bonds is 0. The first-order valence-electron chi connectivity index (χ1n) is 5.52. The van der Waals surface area contributed by atoms with Crippen molar-refractivity contribution in [1.29, 1.82) is 0 Å². The molecular formula is C15H19ClOTi-. The van der Waals surface area contributed by atoms with Crippen LogP contribution in [0.2, 0.25) is 0 Å². The Morgan fingerprint density at radius 1 is 1.22 bits per heavy atom. The van der Waals surface area contributed by atoms with Crippen LogP contribution in [0.5, 0.6) is 5.75 Å². The smallest absolute Gasteiger partial charge is 0.115 e. The topological polar surface area (TPSA) is 20.2 Å². The maximum Gasteiger partial charge on any atom is 0.115 e. The molecule has 0 saturated heterocycles. The molecule has 18 heavy (non-hydrogen) atoms. The van der Waals surface area contributed by atoms with Gasteiger partial charge in [0, 0.05) is 0 Å². The van der Waals surface area contributed by atoms with Crippen LogP contribution in [0.4, 0.5) is 0 Å². The molecule has 1 N–H and O–H groups in total. The van der Waals surface area contributed by atoms with Crippen molar-refractivity contribution in [3.05, 3.63) is 54.1 Å². The number of halogens is 1. The first kappa shape index (κ1) is 19.7. The van der Waals surface area contributed by atoms with E-state index < -0.39 is 0 Å². The molecule has 0 bridgehead atoms. The van der Waals surface area contributed by atoms with Crippen LogP contribution in [0.1, 0.15) is 27.2 Å². The van der Waals surface area contributed by atoms with Crippen LogP contribution in [0.25, 0.3) is 0 Å². The Morgan fingerprint density at radius 2 is 1.72 bits per heavy atom. The van der Waals surface area contributed by atoms with Crippen LogP contribution < -0.4 is 12.4 Å². The van der Waals surface area contributed by atoms with Crippen LogP contribution in [-0.2, 0) is 20.0 Å². The third kappa shape index (κ3) is 15.4. The van der Waals surface area contributed by atoms with Crippen molar-refractivity contribution >= 4 is 3.81 Å². The standard InChI is InChI=1S/C6H6O.C6H7.C3H6.ClH.Ti/c7-6-4-2-1-3-5-6;1-6-4-2-3-5-6;1-3-2;;/h1-5,7H;2,4H,3H2,1H3;1-2H3;1H;/q;-1;;;+1/p-1. The number of benzene rings is 1. The van der Waals surface area contributed by atoms with E-state index in [0.29, 0.717) is 5.75 Å². The molecule has 0 aliphatic heterocycles. The summed E-state index contributed by atoms with van der Waals surface area (Å²) in [6, 6.07) is 8.71. The molecule has 0 aromatic heterocycles. The molecule has 1 aromatic rings. The van der Waals surface area contributed by atoms with Gasteiger partial charge in [0.2, 0.25) is 0 Å². The van der Waals surface area contributed by atoms with E-state index in [1.54, 1.807) is 24.3 Å². The molecule has 97 valence electrons. The van der Waals surface area contributed by atoms with E-state index in [1.807, 2.05) is 6.07 Å². The van der Waals surface area contributed by atoms with Crippen molar-refractivity contribution in [2.24, 2.45) is 0 Å². The number of hydrogen-bond donors (Lipinski definition) is 1. The first-order valence-corrected chi connectivity index (χ1v) is 6.30. The minimum Gasteiger partial charge on any atom is -1.00 e. The SMILES string of the molecule is CC1=[C-]CC=C1.C[C](C)=[Ti+].Oc1ccccc1.[Cl-]. The molecule has 1 nitrogen and oxygen atoms in total. The van der Waals surface area contributed by atoms with Crippen molar-refractivity contribution in [2.45, 2.75) is 27.2 Å². The van der Waals surface area contributed by atoms with Crippen molar-refractivity contribution in [3.63, 3.8) is 0 Å². The zero-order valence-electron chi connectivity index (χ0n) is 11.1. The second kappa shape index (κ2) is 12.8. The second-order valence-corrected chi connectivity index (χ2v) is 5.36. The number of allylic oxidation sites excluding steroid dienone is 4. The zero-order chi connectivity index (χ0) is 13.1. The predicted octanol–water partition coefficient (Wildman–Crippen LogP) is 0.837. The molecule has 0 heterocycles. The van der Waals surface area contributed by atoms with Crippen LogP contribution in [0, 0.1) is 6.08 Å². The van der Waals surface area contributed by atoms with Gasteiger partial charge in [-0.2, -0.15) is 6.08 Å². The van der Waals surface area contributed by atoms with Gasteiger partial charge in [-0.1, -0.05) is 25.1 Å². The van der Waals surface area contributed by atoms with Crippen LogP contribution in [0.3, 0.4) is 0 Å². The molecule has 0 atom stereocenters. The average molecular weight is 299 g/mol. The van der Waals surface area contributed by atoms with E-state index in [9.17, 15) is 0 Å². The number of phenolic OH excluding ortho intramolecular Hbond substituents is 1. The minimum atomic E-state index is 0. The summed E-state index contributed by atoms with van der Waals surface area (Å²) in [5.41, 5.74) is 1.27. The monoisotopic (exact) mass is 298 g/mol. The van der Waals surface area contributed by atoms with E-state index in [-0.39, 0.29) is 12.4 Å². The van der Waals surface area contributed by atoms with Gasteiger partial charge in [0.05, 0.1) is 0 Å². The molecule has 1 aliphatic carbocycles. The van der Waals surface area contributed by atoms with Crippen molar-refractivity contribution in [3.8, 4) is 5.75 Å². The van der Waals surface area contributed by atoms with Gasteiger partial charge in [-0.25, -0.2) is 11.6 Å². The van der Waals surface area contributed by atoms with Crippen molar-refractivity contribution < 1.29 is 37.5 Å². The van der Waals surface area contributed by atoms with Gasteiger partial charge in [-0.3, -0.25) is 6.08 Å². The van der Waals surface area contributed by atoms with Gasteiger partial charge in [0.1, 0.15) is 5.75 Å². The third-order valence-corrected chi connectivity index (χ3v) is 1.62. The summed E-state index contributed by atoms with van der Waals surface area (Å²) in [5.74, 6) is 0.322. The molecule has 0 radical (unpaired) electrons. The second-order valence-electron chi connectivity index (χ2n) is 3.80. The van der Waals surface area contributed by atoms with Crippen LogP contribution in [-0.4, -0.2) is 8.92 Å². The predicted molar refractivity (Wildman–Crippen MR) is 70.6 cm³/mol. The largest absolute Gasteiger partial charge is 1.00 e. The summed E-state index contributed by atoms with van der Waals surface area (Å²) in [4.78, 5) is 0. The van der Waals surface area contributed by atoms with Gasteiger partial charge in [0.25, 0.3) is 0 Å². The summed E-state index contributed by atoms with van der Waals surface area (Å²) in [5, 5.41) is 8.63. The van der Waals surface area contributed by atoms with Gasteiger partial charge in [-0.15, -0.1) is 6.42 Å². The Bertz CT molecular complexity index is 376. The van der Waals surface area contributed by atoms with Crippen LogP contribution >= 0.6 is 0 Å². The molecule has 0 saturated carbocycles. The Hall–Kier alpha value is -0.626. The number of hydrogen-bond acceptors (Lipinski definition) is 1. The van der Waals surface area contributed by atoms with Crippen molar-refractivity contribution in [1.82, 2.24) is 0 Å².